The number of hydrogen-bond acceptors (Lipinski definition) is 4. The summed E-state index contributed by atoms with van der Waals surface area (Å²) < 4.78 is 86.8. The molecule has 0 rings (SSSR count). The van der Waals surface area contributed by atoms with Gasteiger partial charge in [-0.15, -0.1) is 0 Å². The maximum Gasteiger partial charge on any atom is 0.305 e. The van der Waals surface area contributed by atoms with Crippen LogP contribution < -0.4 is 0 Å². The lowest BCUT2D eigenvalue weighted by molar-refractivity contribution is -0.147. The van der Waals surface area contributed by atoms with Gasteiger partial charge in [0.1, 0.15) is 0 Å². The van der Waals surface area contributed by atoms with Gasteiger partial charge in [0, 0.05) is 26.5 Å². The molecule has 2 unspecified atom stereocenters. The van der Waals surface area contributed by atoms with E-state index >= 15 is 0 Å². The van der Waals surface area contributed by atoms with Gasteiger partial charge < -0.3 is 9.47 Å². The highest BCUT2D eigenvalue weighted by molar-refractivity contribution is 5.70. The summed E-state index contributed by atoms with van der Waals surface area (Å²) >= 11 is 0. The molecular weight excluding hydrogens is 328 g/mol. The monoisotopic (exact) mass is 380 g/mol. The van der Waals surface area contributed by atoms with Gasteiger partial charge in [-0.05, 0) is 37.5 Å². The van der Waals surface area contributed by atoms with E-state index in [0.717, 1.165) is 12.8 Å². The average molecular weight is 381 g/mol. The van der Waals surface area contributed by atoms with Crippen molar-refractivity contribution >= 4 is 11.9 Å². The summed E-state index contributed by atoms with van der Waals surface area (Å²) in [7, 11) is 0. The second kappa shape index (κ2) is 17.4. The molecule has 0 aromatic carbocycles. The lowest BCUT2D eigenvalue weighted by Crippen LogP contribution is -2.15. The lowest BCUT2D eigenvalue weighted by atomic mass is 10.0. The van der Waals surface area contributed by atoms with Crippen molar-refractivity contribution in [1.82, 2.24) is 0 Å². The van der Waals surface area contributed by atoms with Crippen molar-refractivity contribution in [3.8, 4) is 0 Å². The number of unbranched alkanes of at least 4 members (excludes halogenated alkanes) is 3. The van der Waals surface area contributed by atoms with Gasteiger partial charge in [0.2, 0.25) is 0 Å². The van der Waals surface area contributed by atoms with Crippen LogP contribution in [0.25, 0.3) is 0 Å². The molecule has 2 atom stereocenters. The predicted octanol–water partition coefficient (Wildman–Crippen LogP) is 6.07. The van der Waals surface area contributed by atoms with Gasteiger partial charge in [0.25, 0.3) is 0 Å². The highest BCUT2D eigenvalue weighted by atomic mass is 16.5. The first-order valence-electron chi connectivity index (χ1n) is 14.7. The molecule has 0 aliphatic carbocycles. The van der Waals surface area contributed by atoms with Crippen LogP contribution in [0.5, 0.6) is 0 Å². The molecule has 4 heteroatoms. The second-order valence-corrected chi connectivity index (χ2v) is 6.54. The van der Waals surface area contributed by atoms with Gasteiger partial charge in [0.15, 0.2) is 0 Å². The molecule has 26 heavy (non-hydrogen) atoms. The van der Waals surface area contributed by atoms with Crippen molar-refractivity contribution in [2.75, 3.05) is 13.2 Å². The zero-order valence-electron chi connectivity index (χ0n) is 26.3. The van der Waals surface area contributed by atoms with Crippen molar-refractivity contribution in [1.29, 1.82) is 0 Å². The summed E-state index contributed by atoms with van der Waals surface area (Å²) in [5.41, 5.74) is 0. The van der Waals surface area contributed by atoms with E-state index in [2.05, 4.69) is 0 Å². The Morgan fingerprint density at radius 1 is 0.808 bits per heavy atom. The highest BCUT2D eigenvalue weighted by Crippen LogP contribution is 2.15. The summed E-state index contributed by atoms with van der Waals surface area (Å²) in [6.45, 7) is -2.55. The van der Waals surface area contributed by atoms with E-state index in [0.29, 0.717) is 12.8 Å². The van der Waals surface area contributed by atoms with Crippen LogP contribution in [-0.2, 0) is 19.1 Å². The Hall–Kier alpha value is -1.06. The Kier molecular flexibility index (Phi) is 8.28. The molecule has 0 radical (unpaired) electrons. The van der Waals surface area contributed by atoms with E-state index in [1.54, 1.807) is 0 Å². The normalized spacial score (nSPS) is 21.0. The maximum absolute atomic E-state index is 12.1. The Morgan fingerprint density at radius 2 is 1.23 bits per heavy atom. The van der Waals surface area contributed by atoms with Crippen LogP contribution >= 0.6 is 0 Å². The summed E-state index contributed by atoms with van der Waals surface area (Å²) in [6.07, 6.45) is -1.22. The standard InChI is InChI=1S/C22H42O4/c1-5-9-13-19(7-3)17-25-21(23)15-11-12-16-22(24)26-18-20(8-4)14-10-6-2/h19-20H,5-18H2,1-4H3/i3D3,4D3,7D2,8D2. The van der Waals surface area contributed by atoms with Gasteiger partial charge in [-0.2, -0.15) is 0 Å². The lowest BCUT2D eigenvalue weighted by Gasteiger charge is -2.15. The zero-order chi connectivity index (χ0) is 28.2. The molecule has 0 spiro atoms. The fraction of sp³-hybridized carbons (Fsp3) is 0.909. The molecule has 0 fully saturated rings. The van der Waals surface area contributed by atoms with Crippen LogP contribution in [0.1, 0.15) is 118 Å². The number of carbonyl (C=O) groups excluding carboxylic acids is 2. The van der Waals surface area contributed by atoms with Crippen molar-refractivity contribution in [2.45, 2.75) is 105 Å². The third-order valence-electron chi connectivity index (χ3n) is 4.12. The molecule has 0 aliphatic rings. The van der Waals surface area contributed by atoms with Crippen molar-refractivity contribution < 1.29 is 32.8 Å². The minimum absolute atomic E-state index is 0.0364. The third-order valence-corrected chi connectivity index (χ3v) is 4.12. The molecule has 0 bridgehead atoms. The number of ether oxygens (including phenoxy) is 2. The summed E-state index contributed by atoms with van der Waals surface area (Å²) in [6, 6.07) is 0. The first-order chi connectivity index (χ1) is 16.4. The second-order valence-electron chi connectivity index (χ2n) is 6.54. The summed E-state index contributed by atoms with van der Waals surface area (Å²) in [5.74, 6) is -3.14. The Bertz CT molecular complexity index is 606. The van der Waals surface area contributed by atoms with Crippen molar-refractivity contribution in [3.63, 3.8) is 0 Å². The first kappa shape index (κ1) is 12.4. The molecule has 154 valence electrons. The van der Waals surface area contributed by atoms with E-state index < -0.39 is 50.2 Å². The Labute approximate surface area is 175 Å². The van der Waals surface area contributed by atoms with Crippen LogP contribution in [0.3, 0.4) is 0 Å². The molecule has 4 nitrogen and oxygen atoms in total. The van der Waals surface area contributed by atoms with Crippen LogP contribution in [-0.4, -0.2) is 25.2 Å². The molecule has 0 heterocycles. The minimum atomic E-state index is -2.84. The molecule has 0 saturated heterocycles. The molecular formula is C22H42O4. The number of hydrogen-bond donors (Lipinski definition) is 0. The smallest absolute Gasteiger partial charge is 0.305 e. The average Bonchev–Trinajstić information content (AvgIpc) is 2.74. The fourth-order valence-electron chi connectivity index (χ4n) is 2.37. The maximum atomic E-state index is 12.1. The van der Waals surface area contributed by atoms with Crippen molar-refractivity contribution in [3.05, 3.63) is 0 Å². The summed E-state index contributed by atoms with van der Waals surface area (Å²) in [5, 5.41) is 0. The van der Waals surface area contributed by atoms with E-state index in [1.165, 1.54) is 0 Å². The van der Waals surface area contributed by atoms with Gasteiger partial charge in [-0.3, -0.25) is 9.59 Å². The quantitative estimate of drug-likeness (QED) is 0.227. The number of esters is 2. The Balaban J connectivity index is 4.58. The summed E-state index contributed by atoms with van der Waals surface area (Å²) in [4.78, 5) is 24.1. The van der Waals surface area contributed by atoms with Crippen LogP contribution in [0.2, 0.25) is 0 Å². The molecule has 0 aliphatic heterocycles. The molecule has 0 aromatic heterocycles. The SMILES string of the molecule is [2H]C([2H])([2H])C([2H])([2H])C(CCCC)COC(=O)CCCCC(=O)OCC(CCCC)C([2H])([2H])C([2H])([2H])[2H]. The van der Waals surface area contributed by atoms with E-state index in [4.69, 9.17) is 23.2 Å². The minimum Gasteiger partial charge on any atom is -0.465 e. The number of carbonyl (C=O) groups is 2. The predicted molar refractivity (Wildman–Crippen MR) is 107 cm³/mol. The molecule has 0 aromatic rings. The van der Waals surface area contributed by atoms with Gasteiger partial charge >= 0.3 is 11.9 Å². The van der Waals surface area contributed by atoms with Gasteiger partial charge in [-0.1, -0.05) is 66.0 Å². The van der Waals surface area contributed by atoms with E-state index in [9.17, 15) is 9.59 Å². The van der Waals surface area contributed by atoms with Gasteiger partial charge in [-0.25, -0.2) is 0 Å². The largest absolute Gasteiger partial charge is 0.465 e. The zero-order valence-corrected chi connectivity index (χ0v) is 16.3. The topological polar surface area (TPSA) is 52.6 Å². The number of rotatable bonds is 17. The van der Waals surface area contributed by atoms with E-state index in [1.807, 2.05) is 13.8 Å². The van der Waals surface area contributed by atoms with Gasteiger partial charge in [0.05, 0.1) is 13.2 Å². The van der Waals surface area contributed by atoms with Crippen molar-refractivity contribution in [2.24, 2.45) is 11.8 Å². The fourth-order valence-corrected chi connectivity index (χ4v) is 2.37. The van der Waals surface area contributed by atoms with Crippen LogP contribution in [0.15, 0.2) is 0 Å². The van der Waals surface area contributed by atoms with Crippen LogP contribution in [0.4, 0.5) is 0 Å². The van der Waals surface area contributed by atoms with Crippen LogP contribution in [0, 0.1) is 11.8 Å². The molecule has 0 saturated carbocycles. The molecule has 0 amide bonds. The van der Waals surface area contributed by atoms with E-state index in [-0.39, 0.29) is 51.7 Å². The highest BCUT2D eigenvalue weighted by Gasteiger charge is 2.12. The Morgan fingerprint density at radius 3 is 1.58 bits per heavy atom. The first-order valence-corrected chi connectivity index (χ1v) is 9.73. The third kappa shape index (κ3) is 14.1. The molecule has 0 N–H and O–H groups in total.